The number of rotatable bonds is 7. The van der Waals surface area contributed by atoms with E-state index in [9.17, 15) is 28.8 Å². The number of nitrogen functional groups attached to an aromatic ring is 1. The number of nitrogens with zero attached hydrogens (tertiary/aromatic N) is 2. The Morgan fingerprint density at radius 3 is 2.23 bits per heavy atom. The lowest BCUT2D eigenvalue weighted by molar-refractivity contribution is -0.366. The SMILES string of the molecule is CC(=O)OOC(OC(C)=O)[C@H]1O[C@@H](n2c(=O)sc3c(=O)[nH]c(N)nc32)[C@H](OC(C)=O)[C@H]1OC(C)=O. The highest BCUT2D eigenvalue weighted by molar-refractivity contribution is 7.16. The first-order chi connectivity index (χ1) is 16.4. The first-order valence-corrected chi connectivity index (χ1v) is 10.6. The summed E-state index contributed by atoms with van der Waals surface area (Å²) in [5.74, 6) is -3.86. The molecule has 0 saturated carbocycles. The van der Waals surface area contributed by atoms with Crippen molar-refractivity contribution in [2.45, 2.75) is 58.5 Å². The summed E-state index contributed by atoms with van der Waals surface area (Å²) in [4.78, 5) is 86.5. The van der Waals surface area contributed by atoms with Gasteiger partial charge in [0.25, 0.3) is 11.8 Å². The van der Waals surface area contributed by atoms with E-state index in [1.54, 1.807) is 0 Å². The van der Waals surface area contributed by atoms with E-state index in [4.69, 9.17) is 29.6 Å². The van der Waals surface area contributed by atoms with Gasteiger partial charge in [0.05, 0.1) is 0 Å². The summed E-state index contributed by atoms with van der Waals surface area (Å²) in [6.07, 6.45) is -8.05. The number of anilines is 1. The third kappa shape index (κ3) is 5.64. The molecule has 0 amide bonds. The lowest BCUT2D eigenvalue weighted by Crippen LogP contribution is -2.46. The molecule has 1 aliphatic heterocycles. The Kier molecular flexibility index (Phi) is 7.51. The number of H-pyrrole nitrogens is 1. The molecule has 0 bridgehead atoms. The number of esters is 3. The van der Waals surface area contributed by atoms with Crippen LogP contribution >= 0.6 is 11.3 Å². The number of nitrogens with one attached hydrogen (secondary N) is 1. The van der Waals surface area contributed by atoms with E-state index in [2.05, 4.69) is 14.9 Å². The van der Waals surface area contributed by atoms with Crippen LogP contribution in [0, 0.1) is 0 Å². The zero-order valence-electron chi connectivity index (χ0n) is 18.7. The molecule has 1 aliphatic rings. The summed E-state index contributed by atoms with van der Waals surface area (Å²) in [5, 5.41) is 0. The van der Waals surface area contributed by atoms with Crippen molar-refractivity contribution in [3.8, 4) is 0 Å². The second-order valence-electron chi connectivity index (χ2n) is 7.13. The number of hydrogen-bond donors (Lipinski definition) is 2. The fourth-order valence-corrected chi connectivity index (χ4v) is 4.17. The van der Waals surface area contributed by atoms with E-state index in [0.29, 0.717) is 11.3 Å². The minimum absolute atomic E-state index is 0.116. The molecule has 16 nitrogen and oxygen atoms in total. The second-order valence-corrected chi connectivity index (χ2v) is 8.09. The Balaban J connectivity index is 2.17. The van der Waals surface area contributed by atoms with E-state index >= 15 is 0 Å². The lowest BCUT2D eigenvalue weighted by Gasteiger charge is -2.26. The maximum Gasteiger partial charge on any atom is 0.339 e. The van der Waals surface area contributed by atoms with E-state index in [1.165, 1.54) is 0 Å². The number of thiazole rings is 1. The number of aromatic amines is 1. The standard InChI is InChI=1S/C18H20N4O12S/c1-5(23)29-9-10(30-6(2)24)15(32-11(9)16(31-7(3)25)34-33-8(4)26)22-13-12(35-18(22)28)14(27)21-17(19)20-13/h9-11,15-16H,1-4H3,(H3,19,20,21,27)/t9-,10-,11+,15-,16?/m1/s1. The number of carbonyl (C=O) groups excluding carboxylic acids is 4. The average molecular weight is 516 g/mol. The molecule has 3 rings (SSSR count). The van der Waals surface area contributed by atoms with Crippen molar-refractivity contribution in [3.05, 3.63) is 20.0 Å². The van der Waals surface area contributed by atoms with Crippen LogP contribution in [0.4, 0.5) is 5.95 Å². The third-order valence-corrected chi connectivity index (χ3v) is 5.33. The van der Waals surface area contributed by atoms with Crippen molar-refractivity contribution in [2.24, 2.45) is 0 Å². The normalized spacial score (nSPS) is 22.4. The number of fused-ring (bicyclic) bond motifs is 1. The number of ether oxygens (including phenoxy) is 4. The summed E-state index contributed by atoms with van der Waals surface area (Å²) in [6.45, 7) is 4.09. The van der Waals surface area contributed by atoms with Gasteiger partial charge in [0.15, 0.2) is 30.2 Å². The maximum absolute atomic E-state index is 12.9. The maximum atomic E-state index is 12.9. The Morgan fingerprint density at radius 1 is 1.03 bits per heavy atom. The van der Waals surface area contributed by atoms with Crippen LogP contribution in [0.25, 0.3) is 10.3 Å². The van der Waals surface area contributed by atoms with Gasteiger partial charge < -0.3 is 24.7 Å². The fourth-order valence-electron chi connectivity index (χ4n) is 3.32. The minimum Gasteiger partial charge on any atom is -0.455 e. The van der Waals surface area contributed by atoms with Gasteiger partial charge in [-0.3, -0.25) is 38.4 Å². The molecule has 1 saturated heterocycles. The molecule has 0 aromatic carbocycles. The van der Waals surface area contributed by atoms with E-state index in [-0.39, 0.29) is 16.3 Å². The first kappa shape index (κ1) is 25.8. The molecule has 3 heterocycles. The van der Waals surface area contributed by atoms with Crippen LogP contribution < -0.4 is 16.2 Å². The van der Waals surface area contributed by atoms with Crippen LogP contribution in [0.2, 0.25) is 0 Å². The van der Waals surface area contributed by atoms with Gasteiger partial charge in [0.1, 0.15) is 4.70 Å². The summed E-state index contributed by atoms with van der Waals surface area (Å²) < 4.78 is 22.1. The summed E-state index contributed by atoms with van der Waals surface area (Å²) in [6, 6.07) is 0. The van der Waals surface area contributed by atoms with Gasteiger partial charge in [-0.2, -0.15) is 4.98 Å². The average Bonchev–Trinajstić information content (AvgIpc) is 3.21. The Labute approximate surface area is 198 Å². The second kappa shape index (κ2) is 10.2. The Morgan fingerprint density at radius 2 is 1.66 bits per heavy atom. The summed E-state index contributed by atoms with van der Waals surface area (Å²) in [7, 11) is 0. The predicted molar refractivity (Wildman–Crippen MR) is 112 cm³/mol. The summed E-state index contributed by atoms with van der Waals surface area (Å²) >= 11 is 0.503. The van der Waals surface area contributed by atoms with Crippen molar-refractivity contribution >= 4 is 51.5 Å². The third-order valence-electron chi connectivity index (χ3n) is 4.39. The predicted octanol–water partition coefficient (Wildman–Crippen LogP) is -1.13. The molecule has 1 fully saturated rings. The molecular weight excluding hydrogens is 496 g/mol. The number of aromatic nitrogens is 3. The zero-order valence-corrected chi connectivity index (χ0v) is 19.5. The highest BCUT2D eigenvalue weighted by Crippen LogP contribution is 2.37. The van der Waals surface area contributed by atoms with Crippen LogP contribution in [0.5, 0.6) is 0 Å². The molecule has 5 atom stereocenters. The van der Waals surface area contributed by atoms with Gasteiger partial charge in [-0.05, 0) is 0 Å². The Bertz CT molecular complexity index is 1280. The van der Waals surface area contributed by atoms with E-state index in [0.717, 1.165) is 32.3 Å². The van der Waals surface area contributed by atoms with Crippen molar-refractivity contribution in [1.29, 1.82) is 0 Å². The number of nitrogens with two attached hydrogens (primary N) is 1. The summed E-state index contributed by atoms with van der Waals surface area (Å²) in [5.41, 5.74) is 4.69. The molecule has 35 heavy (non-hydrogen) atoms. The molecule has 0 aliphatic carbocycles. The lowest BCUT2D eigenvalue weighted by atomic mass is 10.1. The molecule has 0 spiro atoms. The van der Waals surface area contributed by atoms with Crippen molar-refractivity contribution < 1.29 is 47.9 Å². The fraction of sp³-hybridized carbons (Fsp3) is 0.500. The molecule has 0 radical (unpaired) electrons. The van der Waals surface area contributed by atoms with Gasteiger partial charge in [0, 0.05) is 27.7 Å². The van der Waals surface area contributed by atoms with Gasteiger partial charge in [0.2, 0.25) is 5.95 Å². The van der Waals surface area contributed by atoms with E-state index < -0.39 is 65.1 Å². The highest BCUT2D eigenvalue weighted by Gasteiger charge is 2.56. The van der Waals surface area contributed by atoms with Gasteiger partial charge in [-0.15, -0.1) is 4.89 Å². The molecule has 190 valence electrons. The highest BCUT2D eigenvalue weighted by atomic mass is 32.1. The number of carbonyl (C=O) groups is 4. The van der Waals surface area contributed by atoms with Crippen molar-refractivity contribution in [3.63, 3.8) is 0 Å². The van der Waals surface area contributed by atoms with Gasteiger partial charge in [-0.25, -0.2) is 4.79 Å². The monoisotopic (exact) mass is 516 g/mol. The topological polar surface area (TPSA) is 217 Å². The molecule has 3 N–H and O–H groups in total. The first-order valence-electron chi connectivity index (χ1n) is 9.81. The molecule has 2 aromatic rings. The van der Waals surface area contributed by atoms with Crippen LogP contribution in [0.1, 0.15) is 33.9 Å². The molecular formula is C18H20N4O12S. The van der Waals surface area contributed by atoms with Crippen LogP contribution in [0.15, 0.2) is 9.59 Å². The molecule has 17 heteroatoms. The quantitative estimate of drug-likeness (QED) is 0.146. The van der Waals surface area contributed by atoms with Crippen molar-refractivity contribution in [2.75, 3.05) is 5.73 Å². The Hall–Kier alpha value is -3.83. The van der Waals surface area contributed by atoms with Crippen molar-refractivity contribution in [1.82, 2.24) is 14.5 Å². The largest absolute Gasteiger partial charge is 0.455 e. The zero-order chi connectivity index (χ0) is 26.0. The molecule has 1 unspecified atom stereocenters. The smallest absolute Gasteiger partial charge is 0.339 e. The minimum atomic E-state index is -1.83. The van der Waals surface area contributed by atoms with Gasteiger partial charge in [-0.1, -0.05) is 11.3 Å². The van der Waals surface area contributed by atoms with Gasteiger partial charge >= 0.3 is 28.8 Å². The van der Waals surface area contributed by atoms with E-state index in [1.807, 2.05) is 0 Å². The van der Waals surface area contributed by atoms with Crippen LogP contribution in [-0.4, -0.2) is 63.0 Å². The van der Waals surface area contributed by atoms with Crippen LogP contribution in [-0.2, 0) is 47.9 Å². The molecule has 2 aromatic heterocycles. The number of hydrogen-bond acceptors (Lipinski definition) is 15. The van der Waals surface area contributed by atoms with Crippen LogP contribution in [0.3, 0.4) is 0 Å².